The molecule has 4 nitrogen and oxygen atoms in total. The van der Waals surface area contributed by atoms with Crippen LogP contribution in [0.25, 0.3) is 0 Å². The summed E-state index contributed by atoms with van der Waals surface area (Å²) in [6.45, 7) is 6.38. The van der Waals surface area contributed by atoms with E-state index in [0.717, 1.165) is 38.0 Å². The molecule has 21 heavy (non-hydrogen) atoms. The highest BCUT2D eigenvalue weighted by atomic mass is 35.5. The summed E-state index contributed by atoms with van der Waals surface area (Å²) < 4.78 is 0. The average molecular weight is 315 g/mol. The summed E-state index contributed by atoms with van der Waals surface area (Å²) >= 11 is 6.18. The summed E-state index contributed by atoms with van der Waals surface area (Å²) in [5, 5.41) is 19.5. The fraction of sp³-hybridized carbons (Fsp3) is 0.625. The summed E-state index contributed by atoms with van der Waals surface area (Å²) in [5.41, 5.74) is 7.40. The number of nitrogens with two attached hydrogens (primary N) is 1. The number of benzene rings is 1. The summed E-state index contributed by atoms with van der Waals surface area (Å²) in [6, 6.07) is 5.57. The third kappa shape index (κ3) is 5.47. The third-order valence-electron chi connectivity index (χ3n) is 3.74. The molecule has 1 fully saturated rings. The highest BCUT2D eigenvalue weighted by molar-refractivity contribution is 6.31. The molecule has 0 aliphatic carbocycles. The Bertz CT molecular complexity index is 429. The maximum Gasteiger partial charge on any atom is 0.0811 e. The molecule has 0 aromatic heterocycles. The second-order valence-corrected chi connectivity index (χ2v) is 5.65. The quantitative estimate of drug-likeness (QED) is 0.747. The van der Waals surface area contributed by atoms with E-state index >= 15 is 0 Å². The van der Waals surface area contributed by atoms with E-state index in [9.17, 15) is 5.11 Å². The monoisotopic (exact) mass is 314 g/mol. The topological polar surface area (TPSA) is 69.7 Å². The smallest absolute Gasteiger partial charge is 0.0811 e. The minimum atomic E-state index is -0.621. The minimum absolute atomic E-state index is 0.145. The van der Waals surface area contributed by atoms with Crippen LogP contribution in [0, 0.1) is 5.92 Å². The molecule has 2 atom stereocenters. The number of hydrogen-bond donors (Lipinski definition) is 3. The van der Waals surface area contributed by atoms with Crippen molar-refractivity contribution in [1.29, 1.82) is 0 Å². The lowest BCUT2D eigenvalue weighted by Gasteiger charge is -2.34. The van der Waals surface area contributed by atoms with Gasteiger partial charge >= 0.3 is 0 Å². The van der Waals surface area contributed by atoms with Gasteiger partial charge in [-0.15, -0.1) is 0 Å². The first-order valence-electron chi connectivity index (χ1n) is 7.65. The van der Waals surface area contributed by atoms with E-state index in [0.29, 0.717) is 10.7 Å². The SMILES string of the molecule is CC.Nc1ccc(CN2CCCC(C(O)CO)C2)c(Cl)c1. The molecule has 0 bridgehead atoms. The molecule has 0 saturated carbocycles. The Kier molecular flexibility index (Phi) is 8.04. The number of nitrogens with zero attached hydrogens (tertiary/aromatic N) is 1. The Morgan fingerprint density at radius 1 is 1.43 bits per heavy atom. The van der Waals surface area contributed by atoms with Gasteiger partial charge in [-0.3, -0.25) is 4.90 Å². The Labute approximate surface area is 132 Å². The van der Waals surface area contributed by atoms with Crippen molar-refractivity contribution in [2.75, 3.05) is 25.4 Å². The number of aliphatic hydroxyl groups is 2. The fourth-order valence-corrected chi connectivity index (χ4v) is 2.88. The lowest BCUT2D eigenvalue weighted by molar-refractivity contribution is 0.0109. The second-order valence-electron chi connectivity index (χ2n) is 5.24. The van der Waals surface area contributed by atoms with Gasteiger partial charge in [-0.1, -0.05) is 31.5 Å². The predicted octanol–water partition coefficient (Wildman–Crippen LogP) is 2.51. The molecule has 2 unspecified atom stereocenters. The third-order valence-corrected chi connectivity index (χ3v) is 4.10. The normalized spacial score (nSPS) is 20.5. The van der Waals surface area contributed by atoms with Crippen LogP contribution >= 0.6 is 11.6 Å². The van der Waals surface area contributed by atoms with Gasteiger partial charge in [0.1, 0.15) is 0 Å². The van der Waals surface area contributed by atoms with Gasteiger partial charge in [0.05, 0.1) is 12.7 Å². The van der Waals surface area contributed by atoms with Gasteiger partial charge in [0.2, 0.25) is 0 Å². The molecule has 0 spiro atoms. The van der Waals surface area contributed by atoms with Crippen LogP contribution in [0.2, 0.25) is 5.02 Å². The van der Waals surface area contributed by atoms with Crippen molar-refractivity contribution >= 4 is 17.3 Å². The molecule has 2 rings (SSSR count). The zero-order valence-corrected chi connectivity index (χ0v) is 13.7. The first-order chi connectivity index (χ1) is 10.1. The zero-order valence-electron chi connectivity index (χ0n) is 12.9. The van der Waals surface area contributed by atoms with E-state index in [1.54, 1.807) is 6.07 Å². The van der Waals surface area contributed by atoms with Gasteiger partial charge in [-0.05, 0) is 43.0 Å². The molecule has 1 saturated heterocycles. The number of aliphatic hydroxyl groups excluding tert-OH is 2. The first kappa shape index (κ1) is 18.2. The Morgan fingerprint density at radius 2 is 2.14 bits per heavy atom. The van der Waals surface area contributed by atoms with Crippen LogP contribution in [-0.2, 0) is 6.54 Å². The van der Waals surface area contributed by atoms with Crippen molar-refractivity contribution in [3.05, 3.63) is 28.8 Å². The van der Waals surface area contributed by atoms with Crippen molar-refractivity contribution in [1.82, 2.24) is 4.90 Å². The number of likely N-dealkylation sites (tertiary alicyclic amines) is 1. The zero-order chi connectivity index (χ0) is 15.8. The van der Waals surface area contributed by atoms with Crippen molar-refractivity contribution < 1.29 is 10.2 Å². The van der Waals surface area contributed by atoms with Crippen LogP contribution in [-0.4, -0.2) is 40.9 Å². The van der Waals surface area contributed by atoms with Crippen molar-refractivity contribution in [2.45, 2.75) is 39.3 Å². The molecule has 120 valence electrons. The van der Waals surface area contributed by atoms with E-state index in [1.807, 2.05) is 26.0 Å². The van der Waals surface area contributed by atoms with E-state index in [-0.39, 0.29) is 12.5 Å². The summed E-state index contributed by atoms with van der Waals surface area (Å²) in [5.74, 6) is 0.145. The predicted molar refractivity (Wildman–Crippen MR) is 88.3 cm³/mol. The number of nitrogen functional groups attached to an aromatic ring is 1. The van der Waals surface area contributed by atoms with Gasteiger partial charge in [0.15, 0.2) is 0 Å². The number of anilines is 1. The van der Waals surface area contributed by atoms with Crippen LogP contribution in [0.4, 0.5) is 5.69 Å². The van der Waals surface area contributed by atoms with Gasteiger partial charge < -0.3 is 15.9 Å². The molecule has 1 heterocycles. The number of rotatable bonds is 4. The number of hydrogen-bond acceptors (Lipinski definition) is 4. The molecule has 1 aromatic carbocycles. The highest BCUT2D eigenvalue weighted by Crippen LogP contribution is 2.25. The van der Waals surface area contributed by atoms with Gasteiger partial charge in [0, 0.05) is 23.8 Å². The summed E-state index contributed by atoms with van der Waals surface area (Å²) in [7, 11) is 0. The minimum Gasteiger partial charge on any atom is -0.399 e. The van der Waals surface area contributed by atoms with Crippen LogP contribution in [0.15, 0.2) is 18.2 Å². The van der Waals surface area contributed by atoms with Crippen LogP contribution < -0.4 is 5.73 Å². The average Bonchev–Trinajstić information content (AvgIpc) is 2.51. The van der Waals surface area contributed by atoms with Crippen molar-refractivity contribution in [2.24, 2.45) is 5.92 Å². The number of piperidine rings is 1. The van der Waals surface area contributed by atoms with E-state index in [4.69, 9.17) is 22.4 Å². The molecule has 0 radical (unpaired) electrons. The molecule has 4 N–H and O–H groups in total. The maximum absolute atomic E-state index is 9.74. The van der Waals surface area contributed by atoms with Crippen molar-refractivity contribution in [3.63, 3.8) is 0 Å². The largest absolute Gasteiger partial charge is 0.399 e. The maximum atomic E-state index is 9.74. The van der Waals surface area contributed by atoms with Crippen LogP contribution in [0.3, 0.4) is 0 Å². The molecule has 5 heteroatoms. The molecular formula is C16H27ClN2O2. The molecule has 1 aliphatic rings. The molecule has 0 amide bonds. The first-order valence-corrected chi connectivity index (χ1v) is 8.03. The second kappa shape index (κ2) is 9.26. The van der Waals surface area contributed by atoms with Crippen LogP contribution in [0.1, 0.15) is 32.3 Å². The molecule has 1 aromatic rings. The Balaban J connectivity index is 0.00000106. The highest BCUT2D eigenvalue weighted by Gasteiger charge is 2.25. The number of halogens is 1. The summed E-state index contributed by atoms with van der Waals surface area (Å²) in [6.07, 6.45) is 1.38. The van der Waals surface area contributed by atoms with E-state index in [1.165, 1.54) is 0 Å². The van der Waals surface area contributed by atoms with Gasteiger partial charge in [-0.25, -0.2) is 0 Å². The summed E-state index contributed by atoms with van der Waals surface area (Å²) in [4.78, 5) is 2.27. The standard InChI is InChI=1S/C14H21ClN2O2.C2H6/c15-13-6-12(16)4-3-10(13)7-17-5-1-2-11(8-17)14(19)9-18;1-2/h3-4,6,11,14,18-19H,1-2,5,7-9,16H2;1-2H3. The van der Waals surface area contributed by atoms with Crippen LogP contribution in [0.5, 0.6) is 0 Å². The molecular weight excluding hydrogens is 288 g/mol. The van der Waals surface area contributed by atoms with Gasteiger partial charge in [-0.2, -0.15) is 0 Å². The Hall–Kier alpha value is -0.810. The Morgan fingerprint density at radius 3 is 2.76 bits per heavy atom. The van der Waals surface area contributed by atoms with E-state index in [2.05, 4.69) is 4.90 Å². The lowest BCUT2D eigenvalue weighted by atomic mass is 9.92. The molecule has 1 aliphatic heterocycles. The lowest BCUT2D eigenvalue weighted by Crippen LogP contribution is -2.41. The van der Waals surface area contributed by atoms with Gasteiger partial charge in [0.25, 0.3) is 0 Å². The van der Waals surface area contributed by atoms with Crippen molar-refractivity contribution in [3.8, 4) is 0 Å². The fourth-order valence-electron chi connectivity index (χ4n) is 2.63. The van der Waals surface area contributed by atoms with E-state index < -0.39 is 6.10 Å².